The van der Waals surface area contributed by atoms with Crippen LogP contribution in [0.5, 0.6) is 0 Å². The summed E-state index contributed by atoms with van der Waals surface area (Å²) < 4.78 is 0. The summed E-state index contributed by atoms with van der Waals surface area (Å²) in [4.78, 5) is 2.64. The first kappa shape index (κ1) is 10.1. The maximum Gasteiger partial charge on any atom is 0.0954 e. The van der Waals surface area contributed by atoms with Gasteiger partial charge in [-0.1, -0.05) is 6.42 Å². The number of nitrogens with zero attached hydrogens (tertiary/aromatic N) is 1. The third kappa shape index (κ3) is 2.07. The first-order chi connectivity index (χ1) is 7.34. The van der Waals surface area contributed by atoms with E-state index in [1.807, 2.05) is 0 Å². The third-order valence-electron chi connectivity index (χ3n) is 4.70. The van der Waals surface area contributed by atoms with E-state index < -0.39 is 0 Å². The molecule has 2 saturated carbocycles. The second-order valence-corrected chi connectivity index (χ2v) is 5.73. The fraction of sp³-hybridized carbons (Fsp3) is 1.00. The first-order valence-electron chi connectivity index (χ1n) is 6.74. The summed E-state index contributed by atoms with van der Waals surface area (Å²) >= 11 is 0. The zero-order valence-corrected chi connectivity index (χ0v) is 9.53. The van der Waals surface area contributed by atoms with Gasteiger partial charge < -0.3 is 0 Å². The van der Waals surface area contributed by atoms with Crippen molar-refractivity contribution in [2.24, 2.45) is 11.8 Å². The number of piperidine rings is 1. The average Bonchev–Trinajstić information content (AvgIpc) is 2.98. The van der Waals surface area contributed by atoms with E-state index in [4.69, 9.17) is 0 Å². The zero-order chi connectivity index (χ0) is 10.3. The van der Waals surface area contributed by atoms with Gasteiger partial charge in [0.15, 0.2) is 0 Å². The van der Waals surface area contributed by atoms with Crippen molar-refractivity contribution in [3.8, 4) is 0 Å². The molecule has 0 spiro atoms. The van der Waals surface area contributed by atoms with Gasteiger partial charge in [-0.2, -0.15) is 0 Å². The Labute approximate surface area is 92.7 Å². The van der Waals surface area contributed by atoms with Crippen molar-refractivity contribution in [3.05, 3.63) is 0 Å². The van der Waals surface area contributed by atoms with Gasteiger partial charge in [-0.3, -0.25) is 4.90 Å². The van der Waals surface area contributed by atoms with Crippen LogP contribution in [0.25, 0.3) is 0 Å². The minimum Gasteiger partial charge on any atom is -0.300 e. The van der Waals surface area contributed by atoms with Gasteiger partial charge >= 0.3 is 0 Å². The lowest BCUT2D eigenvalue weighted by molar-refractivity contribution is 0.00780. The molecular weight excluding hydrogens is 186 g/mol. The van der Waals surface area contributed by atoms with Crippen LogP contribution in [-0.4, -0.2) is 30.1 Å². The van der Waals surface area contributed by atoms with E-state index in [1.165, 1.54) is 32.1 Å². The quantitative estimate of drug-likeness (QED) is 0.683. The molecule has 2 unspecified atom stereocenters. The Bertz CT molecular complexity index is 219. The highest BCUT2D eigenvalue weighted by Crippen LogP contribution is 2.47. The largest absolute Gasteiger partial charge is 0.300 e. The molecule has 1 radical (unpaired) electrons. The molecule has 1 heterocycles. The number of rotatable bonds is 2. The highest BCUT2D eigenvalue weighted by atomic mass is 16.3. The summed E-state index contributed by atoms with van der Waals surface area (Å²) in [5.41, 5.74) is 0. The Kier molecular flexibility index (Phi) is 2.73. The van der Waals surface area contributed by atoms with Gasteiger partial charge in [-0.25, -0.2) is 5.11 Å². The summed E-state index contributed by atoms with van der Waals surface area (Å²) in [6.07, 6.45) is 8.81. The summed E-state index contributed by atoms with van der Waals surface area (Å²) in [7, 11) is 0. The molecule has 3 rings (SSSR count). The van der Waals surface area contributed by atoms with E-state index in [9.17, 15) is 5.11 Å². The number of hydrogen-bond donors (Lipinski definition) is 0. The standard InChI is InChI=1S/C13H22NO/c15-11-6-8-14(9-7-11)13-3-1-2-12(13)10-4-5-10/h10-13H,1-9H2. The second-order valence-electron chi connectivity index (χ2n) is 5.73. The molecule has 1 aliphatic heterocycles. The lowest BCUT2D eigenvalue weighted by Gasteiger charge is -2.37. The topological polar surface area (TPSA) is 23.1 Å². The van der Waals surface area contributed by atoms with Crippen molar-refractivity contribution in [3.63, 3.8) is 0 Å². The maximum absolute atomic E-state index is 11.3. The predicted octanol–water partition coefficient (Wildman–Crippen LogP) is 2.46. The minimum absolute atomic E-state index is 0.262. The summed E-state index contributed by atoms with van der Waals surface area (Å²) in [6, 6.07) is 0.852. The molecule has 0 aromatic heterocycles. The van der Waals surface area contributed by atoms with Crippen LogP contribution < -0.4 is 0 Å². The molecule has 85 valence electrons. The van der Waals surface area contributed by atoms with Crippen molar-refractivity contribution >= 4 is 0 Å². The average molecular weight is 208 g/mol. The van der Waals surface area contributed by atoms with Gasteiger partial charge in [-0.15, -0.1) is 0 Å². The van der Waals surface area contributed by atoms with Crippen LogP contribution in [0, 0.1) is 11.8 Å². The Morgan fingerprint density at radius 2 is 1.60 bits per heavy atom. The fourth-order valence-corrected chi connectivity index (χ4v) is 3.70. The Balaban J connectivity index is 1.60. The van der Waals surface area contributed by atoms with Gasteiger partial charge in [0.25, 0.3) is 0 Å². The van der Waals surface area contributed by atoms with E-state index in [0.717, 1.165) is 43.8 Å². The van der Waals surface area contributed by atoms with Gasteiger partial charge in [-0.05, 0) is 50.4 Å². The fourth-order valence-electron chi connectivity index (χ4n) is 3.70. The van der Waals surface area contributed by atoms with Crippen LogP contribution in [0.3, 0.4) is 0 Å². The molecule has 2 aliphatic carbocycles. The lowest BCUT2D eigenvalue weighted by Crippen LogP contribution is -2.44. The highest BCUT2D eigenvalue weighted by molar-refractivity contribution is 4.95. The Morgan fingerprint density at radius 3 is 2.27 bits per heavy atom. The molecule has 3 fully saturated rings. The summed E-state index contributed by atoms with van der Waals surface area (Å²) in [5, 5.41) is 11.3. The monoisotopic (exact) mass is 208 g/mol. The minimum atomic E-state index is -0.262. The second kappa shape index (κ2) is 4.06. The van der Waals surface area contributed by atoms with E-state index in [-0.39, 0.29) is 6.10 Å². The SMILES string of the molecule is [O]C1CCN(C2CCCC2C2CC2)CC1. The molecule has 3 aliphatic rings. The summed E-state index contributed by atoms with van der Waals surface area (Å²) in [6.45, 7) is 2.17. The van der Waals surface area contributed by atoms with Gasteiger partial charge in [0.05, 0.1) is 6.10 Å². The van der Waals surface area contributed by atoms with Gasteiger partial charge in [0.2, 0.25) is 0 Å². The molecule has 15 heavy (non-hydrogen) atoms. The van der Waals surface area contributed by atoms with E-state index in [2.05, 4.69) is 4.90 Å². The molecule has 0 amide bonds. The Hall–Kier alpha value is -0.0800. The molecule has 1 saturated heterocycles. The van der Waals surface area contributed by atoms with Crippen molar-refractivity contribution in [2.45, 2.75) is 57.1 Å². The molecular formula is C13H22NO. The maximum atomic E-state index is 11.3. The van der Waals surface area contributed by atoms with E-state index in [1.54, 1.807) is 0 Å². The molecule has 0 aromatic rings. The van der Waals surface area contributed by atoms with Crippen molar-refractivity contribution in [1.82, 2.24) is 4.90 Å². The predicted molar refractivity (Wildman–Crippen MR) is 59.1 cm³/mol. The van der Waals surface area contributed by atoms with Crippen molar-refractivity contribution in [2.75, 3.05) is 13.1 Å². The van der Waals surface area contributed by atoms with Crippen LogP contribution in [-0.2, 0) is 5.11 Å². The Morgan fingerprint density at radius 1 is 0.867 bits per heavy atom. The summed E-state index contributed by atoms with van der Waals surface area (Å²) in [5.74, 6) is 2.05. The number of hydrogen-bond acceptors (Lipinski definition) is 1. The molecule has 2 heteroatoms. The normalized spacial score (nSPS) is 39.8. The lowest BCUT2D eigenvalue weighted by atomic mass is 9.94. The zero-order valence-electron chi connectivity index (χ0n) is 9.53. The van der Waals surface area contributed by atoms with Crippen LogP contribution in [0.4, 0.5) is 0 Å². The van der Waals surface area contributed by atoms with E-state index in [0.29, 0.717) is 0 Å². The van der Waals surface area contributed by atoms with Gasteiger partial charge in [0.1, 0.15) is 0 Å². The molecule has 2 nitrogen and oxygen atoms in total. The first-order valence-corrected chi connectivity index (χ1v) is 6.74. The molecule has 2 atom stereocenters. The van der Waals surface area contributed by atoms with Gasteiger partial charge in [0, 0.05) is 19.1 Å². The van der Waals surface area contributed by atoms with Crippen molar-refractivity contribution in [1.29, 1.82) is 0 Å². The van der Waals surface area contributed by atoms with E-state index >= 15 is 0 Å². The smallest absolute Gasteiger partial charge is 0.0954 e. The molecule has 0 aromatic carbocycles. The molecule has 0 bridgehead atoms. The highest BCUT2D eigenvalue weighted by Gasteiger charge is 2.42. The third-order valence-corrected chi connectivity index (χ3v) is 4.70. The van der Waals surface area contributed by atoms with Crippen LogP contribution in [0.2, 0.25) is 0 Å². The van der Waals surface area contributed by atoms with Crippen molar-refractivity contribution < 1.29 is 5.11 Å². The number of likely N-dealkylation sites (tertiary alicyclic amines) is 1. The molecule has 0 N–H and O–H groups in total. The van der Waals surface area contributed by atoms with Crippen LogP contribution >= 0.6 is 0 Å². The van der Waals surface area contributed by atoms with Crippen LogP contribution in [0.1, 0.15) is 44.9 Å². The van der Waals surface area contributed by atoms with Crippen LogP contribution in [0.15, 0.2) is 0 Å².